The predicted octanol–water partition coefficient (Wildman–Crippen LogP) is 3.51. The molecular weight excluding hydrogens is 549 g/mol. The van der Waals surface area contributed by atoms with Crippen LogP contribution in [0.25, 0.3) is 11.2 Å². The molecule has 2 N–H and O–H groups in total. The lowest BCUT2D eigenvalue weighted by atomic mass is 10.2. The van der Waals surface area contributed by atoms with E-state index in [9.17, 15) is 9.59 Å². The minimum Gasteiger partial charge on any atom is -0.462 e. The summed E-state index contributed by atoms with van der Waals surface area (Å²) < 4.78 is 13.7. The average Bonchev–Trinajstić information content (AvgIpc) is 3.38. The van der Waals surface area contributed by atoms with Gasteiger partial charge < -0.3 is 19.8 Å². The molecule has 1 saturated carbocycles. The van der Waals surface area contributed by atoms with Gasteiger partial charge in [0, 0.05) is 17.9 Å². The second-order valence-corrected chi connectivity index (χ2v) is 8.97. The van der Waals surface area contributed by atoms with Crippen molar-refractivity contribution in [2.24, 2.45) is 11.8 Å². The highest BCUT2D eigenvalue weighted by atomic mass is 127. The number of halogens is 1. The van der Waals surface area contributed by atoms with Gasteiger partial charge in [0.15, 0.2) is 5.65 Å². The number of hydrogen-bond acceptors (Lipinski definition) is 8. The zero-order chi connectivity index (χ0) is 23.7. The van der Waals surface area contributed by atoms with Gasteiger partial charge in [-0.3, -0.25) is 0 Å². The molecule has 5 rings (SSSR count). The first-order chi connectivity index (χ1) is 16.5. The van der Waals surface area contributed by atoms with E-state index in [4.69, 9.17) is 15.2 Å². The second kappa shape index (κ2) is 9.37. The van der Waals surface area contributed by atoms with Crippen molar-refractivity contribution < 1.29 is 19.1 Å². The Morgan fingerprint density at radius 2 is 1.41 bits per heavy atom. The van der Waals surface area contributed by atoms with Crippen LogP contribution >= 0.6 is 22.6 Å². The zero-order valence-corrected chi connectivity index (χ0v) is 20.0. The molecule has 9 nitrogen and oxygen atoms in total. The quantitative estimate of drug-likeness (QED) is 0.204. The van der Waals surface area contributed by atoms with E-state index in [1.54, 1.807) is 54.9 Å². The van der Waals surface area contributed by atoms with E-state index in [-0.39, 0.29) is 37.0 Å². The zero-order valence-electron chi connectivity index (χ0n) is 17.9. The number of ether oxygens (including phenoxy) is 2. The number of benzene rings is 2. The maximum Gasteiger partial charge on any atom is 0.338 e. The fourth-order valence-corrected chi connectivity index (χ4v) is 4.68. The van der Waals surface area contributed by atoms with Crippen molar-refractivity contribution in [1.82, 2.24) is 19.5 Å². The Bertz CT molecular complexity index is 1280. The van der Waals surface area contributed by atoms with Gasteiger partial charge in [0.05, 0.1) is 30.7 Å². The van der Waals surface area contributed by atoms with E-state index in [2.05, 4.69) is 37.5 Å². The van der Waals surface area contributed by atoms with E-state index < -0.39 is 11.9 Å². The van der Waals surface area contributed by atoms with Gasteiger partial charge in [0.25, 0.3) is 0 Å². The van der Waals surface area contributed by atoms with Crippen LogP contribution in [0.2, 0.25) is 0 Å². The first-order valence-electron chi connectivity index (χ1n) is 10.6. The smallest absolute Gasteiger partial charge is 0.338 e. The maximum absolute atomic E-state index is 12.5. The SMILES string of the molecule is Nc1nc(I)c2ncn(C3C(COC(=O)c4ccccc4)C3COC(=O)c3ccccc3)c2n1. The van der Waals surface area contributed by atoms with Gasteiger partial charge in [-0.2, -0.15) is 4.98 Å². The number of imidazole rings is 1. The summed E-state index contributed by atoms with van der Waals surface area (Å²) in [5.41, 5.74) is 8.06. The van der Waals surface area contributed by atoms with Crippen LogP contribution in [0.4, 0.5) is 5.95 Å². The van der Waals surface area contributed by atoms with Crippen LogP contribution in [0.15, 0.2) is 67.0 Å². The molecule has 0 spiro atoms. The number of nitrogen functional groups attached to an aromatic ring is 1. The number of rotatable bonds is 7. The lowest BCUT2D eigenvalue weighted by Crippen LogP contribution is -2.11. The number of aromatic nitrogens is 4. The molecule has 2 heterocycles. The minimum atomic E-state index is -0.400. The Morgan fingerprint density at radius 1 is 0.882 bits per heavy atom. The Kier molecular flexibility index (Phi) is 6.14. The molecule has 1 aliphatic carbocycles. The third kappa shape index (κ3) is 4.45. The molecule has 10 heteroatoms. The van der Waals surface area contributed by atoms with Gasteiger partial charge >= 0.3 is 11.9 Å². The summed E-state index contributed by atoms with van der Waals surface area (Å²) in [6, 6.07) is 17.5. The van der Waals surface area contributed by atoms with Crippen LogP contribution in [0.1, 0.15) is 26.8 Å². The fraction of sp³-hybridized carbons (Fsp3) is 0.208. The van der Waals surface area contributed by atoms with Gasteiger partial charge in [-0.15, -0.1) is 0 Å². The lowest BCUT2D eigenvalue weighted by Gasteiger charge is -2.06. The molecule has 0 amide bonds. The first kappa shape index (κ1) is 22.3. The van der Waals surface area contributed by atoms with Crippen LogP contribution in [-0.4, -0.2) is 44.7 Å². The van der Waals surface area contributed by atoms with Crippen LogP contribution in [-0.2, 0) is 9.47 Å². The monoisotopic (exact) mass is 569 g/mol. The largest absolute Gasteiger partial charge is 0.462 e. The number of fused-ring (bicyclic) bond motifs is 1. The summed E-state index contributed by atoms with van der Waals surface area (Å²) in [5, 5.41) is 0. The van der Waals surface area contributed by atoms with E-state index in [1.807, 2.05) is 16.7 Å². The highest BCUT2D eigenvalue weighted by molar-refractivity contribution is 14.1. The van der Waals surface area contributed by atoms with Gasteiger partial charge in [-0.05, 0) is 46.9 Å². The summed E-state index contributed by atoms with van der Waals surface area (Å²) in [5.74, 6) is -0.811. The van der Waals surface area contributed by atoms with Crippen molar-refractivity contribution in [3.63, 3.8) is 0 Å². The number of esters is 2. The molecule has 2 atom stereocenters. The molecule has 2 aromatic heterocycles. The predicted molar refractivity (Wildman–Crippen MR) is 132 cm³/mol. The third-order valence-electron chi connectivity index (χ3n) is 5.84. The number of hydrogen-bond donors (Lipinski definition) is 1. The summed E-state index contributed by atoms with van der Waals surface area (Å²) >= 11 is 2.07. The maximum atomic E-state index is 12.5. The molecule has 1 fully saturated rings. The molecule has 0 aliphatic heterocycles. The second-order valence-electron chi connectivity index (χ2n) is 7.94. The molecule has 34 heavy (non-hydrogen) atoms. The highest BCUT2D eigenvalue weighted by Crippen LogP contribution is 2.52. The molecule has 0 radical (unpaired) electrons. The van der Waals surface area contributed by atoms with Crippen molar-refractivity contribution in [3.8, 4) is 0 Å². The number of nitrogens with zero attached hydrogens (tertiary/aromatic N) is 4. The number of carbonyl (C=O) groups is 2. The molecule has 2 aromatic carbocycles. The minimum absolute atomic E-state index is 0.0810. The molecule has 172 valence electrons. The first-order valence-corrected chi connectivity index (χ1v) is 11.7. The molecular formula is C24H20IN5O4. The number of nitrogens with two attached hydrogens (primary N) is 1. The Hall–Kier alpha value is -3.54. The third-order valence-corrected chi connectivity index (χ3v) is 6.59. The normalized spacial score (nSPS) is 19.0. The van der Waals surface area contributed by atoms with Gasteiger partial charge in [-0.1, -0.05) is 36.4 Å². The molecule has 0 saturated heterocycles. The fourth-order valence-electron chi connectivity index (χ4n) is 4.06. The summed E-state index contributed by atoms with van der Waals surface area (Å²) in [7, 11) is 0. The number of anilines is 1. The van der Waals surface area contributed by atoms with E-state index in [1.165, 1.54) is 0 Å². The number of carbonyl (C=O) groups excluding carboxylic acids is 2. The Labute approximate surface area is 208 Å². The van der Waals surface area contributed by atoms with Crippen molar-refractivity contribution in [2.45, 2.75) is 6.04 Å². The molecule has 0 bridgehead atoms. The van der Waals surface area contributed by atoms with Crippen molar-refractivity contribution in [1.29, 1.82) is 0 Å². The van der Waals surface area contributed by atoms with Crippen LogP contribution in [0.5, 0.6) is 0 Å². The lowest BCUT2D eigenvalue weighted by molar-refractivity contribution is 0.0419. The van der Waals surface area contributed by atoms with Crippen molar-refractivity contribution in [3.05, 3.63) is 81.8 Å². The van der Waals surface area contributed by atoms with Crippen LogP contribution < -0.4 is 5.73 Å². The van der Waals surface area contributed by atoms with Gasteiger partial charge in [0.2, 0.25) is 5.95 Å². The summed E-state index contributed by atoms with van der Waals surface area (Å²) in [6.07, 6.45) is 1.68. The van der Waals surface area contributed by atoms with Crippen molar-refractivity contribution >= 4 is 51.6 Å². The summed E-state index contributed by atoms with van der Waals surface area (Å²) in [4.78, 5) is 37.9. The molecule has 1 aliphatic rings. The van der Waals surface area contributed by atoms with Gasteiger partial charge in [0.1, 0.15) is 9.22 Å². The van der Waals surface area contributed by atoms with Crippen molar-refractivity contribution in [2.75, 3.05) is 18.9 Å². The van der Waals surface area contributed by atoms with Crippen LogP contribution in [0.3, 0.4) is 0 Å². The standard InChI is InChI=1S/C24H20IN5O4/c25-20-18-21(29-24(26)28-20)30(13-27-18)19-16(11-33-22(31)14-7-3-1-4-8-14)17(19)12-34-23(32)15-9-5-2-6-10-15/h1-10,13,16-17,19H,11-12H2,(H2,26,28,29). The van der Waals surface area contributed by atoms with E-state index in [0.29, 0.717) is 26.0 Å². The molecule has 4 aromatic rings. The van der Waals surface area contributed by atoms with Crippen LogP contribution in [0, 0.1) is 15.5 Å². The Morgan fingerprint density at radius 3 is 1.94 bits per heavy atom. The Balaban J connectivity index is 1.35. The molecule has 2 unspecified atom stereocenters. The average molecular weight is 569 g/mol. The summed E-state index contributed by atoms with van der Waals surface area (Å²) in [6.45, 7) is 0.340. The van der Waals surface area contributed by atoms with E-state index >= 15 is 0 Å². The van der Waals surface area contributed by atoms with Gasteiger partial charge in [-0.25, -0.2) is 19.6 Å². The topological polar surface area (TPSA) is 122 Å². The highest BCUT2D eigenvalue weighted by Gasteiger charge is 2.53. The van der Waals surface area contributed by atoms with E-state index in [0.717, 1.165) is 0 Å².